The van der Waals surface area contributed by atoms with Crippen molar-refractivity contribution in [3.05, 3.63) is 65.1 Å². The molecule has 0 atom stereocenters. The van der Waals surface area contributed by atoms with Crippen LogP contribution < -0.4 is 5.32 Å². The molecule has 0 bridgehead atoms. The number of halogens is 1. The number of aromatic nitrogens is 1. The van der Waals surface area contributed by atoms with Crippen LogP contribution in [0.3, 0.4) is 0 Å². The van der Waals surface area contributed by atoms with Gasteiger partial charge in [-0.15, -0.1) is 0 Å². The molecule has 1 aliphatic heterocycles. The standard InChI is InChI=1S/C23H26FN3OS/c1-16-20(21-14-18(24)4-7-22(21)25-16)15-23(28)26-19-5-2-17(3-6-19)8-9-27-10-12-29-13-11-27/h2-7,14,25H,8-13,15H2,1H3,(H,26,28). The second-order valence-electron chi connectivity index (χ2n) is 7.54. The molecule has 152 valence electrons. The maximum absolute atomic E-state index is 13.6. The van der Waals surface area contributed by atoms with E-state index in [1.165, 1.54) is 42.3 Å². The van der Waals surface area contributed by atoms with Gasteiger partial charge in [0.25, 0.3) is 0 Å². The number of thioether (sulfide) groups is 1. The first-order chi connectivity index (χ1) is 14.1. The van der Waals surface area contributed by atoms with Crippen LogP contribution in [0.1, 0.15) is 16.8 Å². The summed E-state index contributed by atoms with van der Waals surface area (Å²) in [4.78, 5) is 18.3. The Labute approximate surface area is 174 Å². The van der Waals surface area contributed by atoms with Gasteiger partial charge in [0.2, 0.25) is 5.91 Å². The normalized spacial score (nSPS) is 15.0. The highest BCUT2D eigenvalue weighted by Gasteiger charge is 2.14. The molecule has 0 saturated carbocycles. The van der Waals surface area contributed by atoms with Gasteiger partial charge in [0.05, 0.1) is 6.42 Å². The number of H-pyrrole nitrogens is 1. The van der Waals surface area contributed by atoms with Crippen LogP contribution >= 0.6 is 11.8 Å². The summed E-state index contributed by atoms with van der Waals surface area (Å²) in [5.41, 5.74) is 4.66. The summed E-state index contributed by atoms with van der Waals surface area (Å²) in [5, 5.41) is 3.73. The van der Waals surface area contributed by atoms with Gasteiger partial charge >= 0.3 is 0 Å². The van der Waals surface area contributed by atoms with Crippen LogP contribution in [0.5, 0.6) is 0 Å². The van der Waals surface area contributed by atoms with E-state index in [9.17, 15) is 9.18 Å². The summed E-state index contributed by atoms with van der Waals surface area (Å²) in [7, 11) is 0. The van der Waals surface area contributed by atoms with E-state index in [-0.39, 0.29) is 18.1 Å². The van der Waals surface area contributed by atoms with E-state index in [0.717, 1.165) is 40.8 Å². The molecule has 1 aliphatic rings. The number of benzene rings is 2. The number of aromatic amines is 1. The van der Waals surface area contributed by atoms with Crippen LogP contribution in [0.2, 0.25) is 0 Å². The van der Waals surface area contributed by atoms with Gasteiger partial charge in [-0.3, -0.25) is 4.79 Å². The molecule has 2 heterocycles. The Kier molecular flexibility index (Phi) is 6.21. The predicted molar refractivity (Wildman–Crippen MR) is 119 cm³/mol. The van der Waals surface area contributed by atoms with Crippen molar-refractivity contribution in [3.8, 4) is 0 Å². The fraction of sp³-hybridized carbons (Fsp3) is 0.348. The summed E-state index contributed by atoms with van der Waals surface area (Å²) in [6.45, 7) is 5.35. The number of rotatable bonds is 6. The lowest BCUT2D eigenvalue weighted by Crippen LogP contribution is -2.34. The van der Waals surface area contributed by atoms with Gasteiger partial charge in [-0.25, -0.2) is 4.39 Å². The minimum absolute atomic E-state index is 0.100. The lowest BCUT2D eigenvalue weighted by Gasteiger charge is -2.26. The third-order valence-corrected chi connectivity index (χ3v) is 6.42. The van der Waals surface area contributed by atoms with Crippen LogP contribution in [0.25, 0.3) is 10.9 Å². The summed E-state index contributed by atoms with van der Waals surface area (Å²) >= 11 is 2.03. The molecule has 1 saturated heterocycles. The summed E-state index contributed by atoms with van der Waals surface area (Å²) in [6, 6.07) is 12.7. The fourth-order valence-corrected chi connectivity index (χ4v) is 4.79. The number of nitrogens with one attached hydrogen (secondary N) is 2. The molecule has 3 aromatic rings. The highest BCUT2D eigenvalue weighted by Crippen LogP contribution is 2.24. The third-order valence-electron chi connectivity index (χ3n) is 5.48. The van der Waals surface area contributed by atoms with Gasteiger partial charge in [-0.2, -0.15) is 11.8 Å². The predicted octanol–water partition coefficient (Wildman–Crippen LogP) is 4.39. The molecule has 29 heavy (non-hydrogen) atoms. The number of carbonyl (C=O) groups is 1. The quantitative estimate of drug-likeness (QED) is 0.633. The van der Waals surface area contributed by atoms with Crippen molar-refractivity contribution in [1.29, 1.82) is 0 Å². The second-order valence-corrected chi connectivity index (χ2v) is 8.77. The van der Waals surface area contributed by atoms with Crippen molar-refractivity contribution in [3.63, 3.8) is 0 Å². The van der Waals surface area contributed by atoms with Crippen molar-refractivity contribution in [1.82, 2.24) is 9.88 Å². The maximum atomic E-state index is 13.6. The molecule has 0 aliphatic carbocycles. The van der Waals surface area contributed by atoms with E-state index < -0.39 is 0 Å². The van der Waals surface area contributed by atoms with E-state index in [4.69, 9.17) is 0 Å². The number of hydrogen-bond donors (Lipinski definition) is 2. The number of hydrogen-bond acceptors (Lipinski definition) is 3. The number of nitrogens with zero attached hydrogens (tertiary/aromatic N) is 1. The Hall–Kier alpha value is -2.31. The fourth-order valence-electron chi connectivity index (χ4n) is 3.81. The zero-order valence-electron chi connectivity index (χ0n) is 16.6. The van der Waals surface area contributed by atoms with Crippen molar-refractivity contribution in [2.75, 3.05) is 36.5 Å². The topological polar surface area (TPSA) is 48.1 Å². The molecule has 2 N–H and O–H groups in total. The number of carbonyl (C=O) groups excluding carboxylic acids is 1. The van der Waals surface area contributed by atoms with E-state index in [1.54, 1.807) is 6.07 Å². The van der Waals surface area contributed by atoms with Gasteiger partial charge < -0.3 is 15.2 Å². The van der Waals surface area contributed by atoms with Gasteiger partial charge in [0.15, 0.2) is 0 Å². The molecule has 4 rings (SSSR count). The average Bonchev–Trinajstić information content (AvgIpc) is 3.03. The zero-order chi connectivity index (χ0) is 20.2. The largest absolute Gasteiger partial charge is 0.358 e. The Morgan fingerprint density at radius 2 is 1.93 bits per heavy atom. The van der Waals surface area contributed by atoms with E-state index in [2.05, 4.69) is 27.3 Å². The summed E-state index contributed by atoms with van der Waals surface area (Å²) < 4.78 is 13.6. The Morgan fingerprint density at radius 1 is 1.17 bits per heavy atom. The molecule has 2 aromatic carbocycles. The van der Waals surface area contributed by atoms with Crippen LogP contribution in [0.4, 0.5) is 10.1 Å². The smallest absolute Gasteiger partial charge is 0.228 e. The minimum atomic E-state index is -0.294. The highest BCUT2D eigenvalue weighted by molar-refractivity contribution is 7.99. The van der Waals surface area contributed by atoms with Crippen molar-refractivity contribution < 1.29 is 9.18 Å². The van der Waals surface area contributed by atoms with Crippen LogP contribution in [0.15, 0.2) is 42.5 Å². The van der Waals surface area contributed by atoms with Gasteiger partial charge in [-0.1, -0.05) is 12.1 Å². The van der Waals surface area contributed by atoms with Crippen LogP contribution in [0, 0.1) is 12.7 Å². The van der Waals surface area contributed by atoms with E-state index in [1.807, 2.05) is 30.8 Å². The van der Waals surface area contributed by atoms with Gasteiger partial charge in [0, 0.05) is 53.4 Å². The molecule has 6 heteroatoms. The number of aryl methyl sites for hydroxylation is 1. The molecule has 1 fully saturated rings. The lowest BCUT2D eigenvalue weighted by atomic mass is 10.1. The second kappa shape index (κ2) is 9.01. The molecule has 0 spiro atoms. The summed E-state index contributed by atoms with van der Waals surface area (Å²) in [5.74, 6) is 2.06. The monoisotopic (exact) mass is 411 g/mol. The molecular formula is C23H26FN3OS. The Balaban J connectivity index is 1.35. The molecule has 1 amide bonds. The van der Waals surface area contributed by atoms with Crippen LogP contribution in [-0.2, 0) is 17.6 Å². The Morgan fingerprint density at radius 3 is 2.69 bits per heavy atom. The summed E-state index contributed by atoms with van der Waals surface area (Å²) in [6.07, 6.45) is 1.24. The van der Waals surface area contributed by atoms with Gasteiger partial charge in [-0.05, 0) is 54.8 Å². The first kappa shape index (κ1) is 20.0. The number of amides is 1. The van der Waals surface area contributed by atoms with E-state index in [0.29, 0.717) is 0 Å². The SMILES string of the molecule is Cc1[nH]c2ccc(F)cc2c1CC(=O)Nc1ccc(CCN2CCSCC2)cc1. The number of fused-ring (bicyclic) bond motifs is 1. The number of anilines is 1. The van der Waals surface area contributed by atoms with Crippen molar-refractivity contribution in [2.24, 2.45) is 0 Å². The third kappa shape index (κ3) is 5.00. The maximum Gasteiger partial charge on any atom is 0.228 e. The highest BCUT2D eigenvalue weighted by atomic mass is 32.2. The molecule has 0 unspecified atom stereocenters. The van der Waals surface area contributed by atoms with Crippen molar-refractivity contribution in [2.45, 2.75) is 19.8 Å². The van der Waals surface area contributed by atoms with Crippen LogP contribution in [-0.4, -0.2) is 46.9 Å². The molecule has 1 aromatic heterocycles. The van der Waals surface area contributed by atoms with E-state index >= 15 is 0 Å². The van der Waals surface area contributed by atoms with Crippen molar-refractivity contribution >= 4 is 34.3 Å². The first-order valence-electron chi connectivity index (χ1n) is 10.0. The lowest BCUT2D eigenvalue weighted by molar-refractivity contribution is -0.115. The zero-order valence-corrected chi connectivity index (χ0v) is 17.4. The molecule has 0 radical (unpaired) electrons. The minimum Gasteiger partial charge on any atom is -0.358 e. The molecule has 4 nitrogen and oxygen atoms in total. The first-order valence-corrected chi connectivity index (χ1v) is 11.2. The van der Waals surface area contributed by atoms with Gasteiger partial charge in [0.1, 0.15) is 5.82 Å². The Bertz CT molecular complexity index is 993. The molecular weight excluding hydrogens is 385 g/mol. The average molecular weight is 412 g/mol.